The number of fused-ring (bicyclic) bond motifs is 6. The second-order valence-corrected chi connectivity index (χ2v) is 33.0. The van der Waals surface area contributed by atoms with Gasteiger partial charge in [-0.2, -0.15) is 0 Å². The molecule has 14 amide bonds. The lowest BCUT2D eigenvalue weighted by Crippen LogP contribution is -2.63. The zero-order valence-corrected chi connectivity index (χ0v) is 68.8. The van der Waals surface area contributed by atoms with Gasteiger partial charge in [0.2, 0.25) is 76.8 Å². The first-order valence-electron chi connectivity index (χ1n) is 38.0. The summed E-state index contributed by atoms with van der Waals surface area (Å²) < 4.78 is 11.5. The molecule has 620 valence electrons. The molecular weight excluding hydrogens is 1510 g/mol. The van der Waals surface area contributed by atoms with Crippen molar-refractivity contribution in [3.8, 4) is 0 Å². The van der Waals surface area contributed by atoms with Crippen molar-refractivity contribution in [2.24, 2.45) is 17.8 Å². The number of nitrogens with zero attached hydrogens (tertiary/aromatic N) is 2. The molecular formula is C75H114N14O20S2Si. The number of aliphatic hydroxyl groups is 3. The molecule has 37 heteroatoms. The van der Waals surface area contributed by atoms with Gasteiger partial charge in [-0.3, -0.25) is 67.1 Å². The molecule has 3 saturated heterocycles. The summed E-state index contributed by atoms with van der Waals surface area (Å²) in [5.41, 5.74) is -0.821. The number of methoxy groups -OCH3 is 1. The van der Waals surface area contributed by atoms with E-state index in [0.717, 1.165) is 26.5 Å². The molecule has 15 N–H and O–H groups in total. The zero-order valence-electron chi connectivity index (χ0n) is 65.8. The summed E-state index contributed by atoms with van der Waals surface area (Å²) in [6, 6.07) is -2.46. The van der Waals surface area contributed by atoms with Crippen molar-refractivity contribution < 1.29 is 96.7 Å². The van der Waals surface area contributed by atoms with Crippen LogP contribution in [0.2, 0.25) is 6.55 Å². The lowest BCUT2D eigenvalue weighted by atomic mass is 9.97. The monoisotopic (exact) mass is 1620 g/mol. The van der Waals surface area contributed by atoms with Gasteiger partial charge in [-0.1, -0.05) is 156 Å². The Morgan fingerprint density at radius 1 is 0.634 bits per heavy atom. The van der Waals surface area contributed by atoms with Gasteiger partial charge < -0.3 is 98.4 Å². The molecule has 0 aromatic heterocycles. The van der Waals surface area contributed by atoms with E-state index in [0.29, 0.717) is 24.0 Å². The fourth-order valence-electron chi connectivity index (χ4n) is 12.5. The third kappa shape index (κ3) is 28.3. The first kappa shape index (κ1) is 93.6. The van der Waals surface area contributed by atoms with Gasteiger partial charge in [0, 0.05) is 57.9 Å². The van der Waals surface area contributed by atoms with Gasteiger partial charge in [0.05, 0.1) is 33.6 Å². The molecule has 5 rings (SSSR count). The van der Waals surface area contributed by atoms with E-state index in [1.165, 1.54) is 39.8 Å². The van der Waals surface area contributed by atoms with Gasteiger partial charge in [0.15, 0.2) is 12.3 Å². The number of benzene rings is 2. The van der Waals surface area contributed by atoms with Crippen molar-refractivity contribution in [3.63, 3.8) is 0 Å². The Balaban J connectivity index is 1.80. The maximum absolute atomic E-state index is 15.5. The van der Waals surface area contributed by atoms with Gasteiger partial charge in [-0.25, -0.2) is 4.79 Å². The van der Waals surface area contributed by atoms with Crippen molar-refractivity contribution in [2.75, 3.05) is 38.8 Å². The van der Waals surface area contributed by atoms with Crippen LogP contribution in [0.4, 0.5) is 0 Å². The number of carbonyl (C=O) groups is 15. The number of esters is 1. The predicted molar refractivity (Wildman–Crippen MR) is 419 cm³/mol. The average molecular weight is 1620 g/mol. The molecule has 2 bridgehead atoms. The molecule has 3 aliphatic rings. The lowest BCUT2D eigenvalue weighted by Gasteiger charge is -2.35. The normalized spacial score (nSPS) is 27.7. The Kier molecular flexibility index (Phi) is 38.6. The summed E-state index contributed by atoms with van der Waals surface area (Å²) in [5.74, 6) is -16.7. The fraction of sp³-hybridized carbons (Fsp3) is 0.613. The maximum Gasteiger partial charge on any atom is 0.331 e. The summed E-state index contributed by atoms with van der Waals surface area (Å²) in [5, 5.41) is 61.8. The second-order valence-electron chi connectivity index (χ2n) is 28.8. The number of carbonyl (C=O) groups excluding carboxylic acids is 15. The van der Waals surface area contributed by atoms with E-state index in [9.17, 15) is 63.3 Å². The van der Waals surface area contributed by atoms with E-state index < -0.39 is 226 Å². The standard InChI is InChI=1S/C75H114N14O20S2Si/c1-14-39(4)32-48-64(97)86-59-44(9)109-75(107)52(36-90)83-71(104)60(45(10)108-12)88(11)74(106)72(112-13)87-65(98)49(33-40(5)15-2)80-62(95)43(8)77-69(102)58(41(6)16-3)85-67(100)54(84-68(101)55-28-23-31-89(55)73(105)51(82-70(59)103)35-47-26-21-18-22-27-47)38-111-110-37-53(78-56(91)29-30-57(92)93)66(99)81-50(34-46-24-19-17-20-25-46)63(96)76-42(7)61(94)79-48/h17-22,24-27,39-42,44-45,48-55,57-60,72,90,92-93H,8,14-16,23,28-38,112H2,1-7,9-13H3,(H,76,96)(H,77,102)(H,78,91)(H,79,94)(H,80,95)(H,81,99)(H,82,103)(H,83,104)(H,84,101)(H,85,100)(H,86,97)(H,87,98)/t39-,40+,41-,42+,44+,45+,48?,49-,50+,51+,52-,53-,54-,55-,58?,59+,60-,72?/m0/s1. The minimum atomic E-state index is -2.04. The van der Waals surface area contributed by atoms with Crippen LogP contribution in [0.15, 0.2) is 72.9 Å². The van der Waals surface area contributed by atoms with Gasteiger partial charge in [-0.05, 0) is 75.3 Å². The molecule has 18 atom stereocenters. The number of hydrogen-bond acceptors (Lipinski definition) is 22. The Morgan fingerprint density at radius 3 is 1.76 bits per heavy atom. The number of ether oxygens (including phenoxy) is 2. The van der Waals surface area contributed by atoms with Crippen LogP contribution in [0.25, 0.3) is 0 Å². The number of likely N-dealkylation sites (N-methyl/N-ethyl adjacent to an activating group) is 1. The Labute approximate surface area is 663 Å². The van der Waals surface area contributed by atoms with Crippen LogP contribution in [0, 0.1) is 17.8 Å². The van der Waals surface area contributed by atoms with Crippen LogP contribution in [-0.2, 0) is 94.2 Å². The largest absolute Gasteiger partial charge is 0.458 e. The summed E-state index contributed by atoms with van der Waals surface area (Å²) in [6.07, 6.45) is -5.02. The molecule has 3 heterocycles. The van der Waals surface area contributed by atoms with Crippen molar-refractivity contribution in [1.82, 2.24) is 73.6 Å². The lowest BCUT2D eigenvalue weighted by molar-refractivity contribution is -0.158. The summed E-state index contributed by atoms with van der Waals surface area (Å²) >= 11 is 0. The van der Waals surface area contributed by atoms with Crippen molar-refractivity contribution in [1.29, 1.82) is 0 Å². The van der Waals surface area contributed by atoms with Crippen LogP contribution >= 0.6 is 21.6 Å². The van der Waals surface area contributed by atoms with Gasteiger partial charge in [0.25, 0.3) is 5.91 Å². The minimum absolute atomic E-state index is 0.0103. The van der Waals surface area contributed by atoms with Crippen LogP contribution in [0.3, 0.4) is 0 Å². The minimum Gasteiger partial charge on any atom is -0.458 e. The number of rotatable bonds is 20. The van der Waals surface area contributed by atoms with E-state index in [4.69, 9.17) is 9.47 Å². The Bertz CT molecular complexity index is 3610. The van der Waals surface area contributed by atoms with Crippen molar-refractivity contribution in [2.45, 2.75) is 236 Å². The third-order valence-corrected chi connectivity index (χ3v) is 23.9. The van der Waals surface area contributed by atoms with Gasteiger partial charge in [-0.15, -0.1) is 0 Å². The number of hydrogen-bond donors (Lipinski definition) is 15. The van der Waals surface area contributed by atoms with Gasteiger partial charge >= 0.3 is 5.97 Å². The molecule has 3 fully saturated rings. The molecule has 112 heavy (non-hydrogen) atoms. The van der Waals surface area contributed by atoms with E-state index in [1.54, 1.807) is 88.0 Å². The second kappa shape index (κ2) is 46.2. The average Bonchev–Trinajstić information content (AvgIpc) is 1.43. The highest BCUT2D eigenvalue weighted by molar-refractivity contribution is 8.76. The van der Waals surface area contributed by atoms with E-state index in [1.807, 2.05) is 20.8 Å². The molecule has 34 nitrogen and oxygen atoms in total. The SMILES string of the molecule is C=C1NC(=O)C([C@@H](C)CC)NC(=O)[C@@H]2CSSC[C@H](NC(=O)CCC(O)O)C(=O)N[C@H](Cc3ccccc3)C(=O)N[C@H](C)C(=O)NC(C[C@@H](C)CC)C(=O)N[C@@H](C(=O)N[C@H](Cc3ccccc3)C(=O)N3CCC[C@H]3C(=O)N2)[C@@H](C)OC(=O)[C@H](CO)NC(=O)[C@H]([C@@H](C)OC)N(C)C(=O)C([SiH2]C)NC(=O)[C@H](C[C@H](C)CC)NC1=O. The molecule has 0 saturated carbocycles. The van der Waals surface area contributed by atoms with E-state index >= 15 is 24.0 Å². The molecule has 3 aliphatic heterocycles. The summed E-state index contributed by atoms with van der Waals surface area (Å²) in [7, 11) is 2.67. The number of aliphatic hydroxyl groups excluding tert-OH is 2. The fourth-order valence-corrected chi connectivity index (χ4v) is 15.9. The third-order valence-electron chi connectivity index (χ3n) is 20.1. The first-order chi connectivity index (χ1) is 53.1. The molecule has 0 aliphatic carbocycles. The van der Waals surface area contributed by atoms with E-state index in [-0.39, 0.29) is 74.8 Å². The maximum atomic E-state index is 15.5. The van der Waals surface area contributed by atoms with Crippen LogP contribution < -0.4 is 63.8 Å². The quantitative estimate of drug-likeness (QED) is 0.0220. The molecule has 0 spiro atoms. The van der Waals surface area contributed by atoms with Crippen molar-refractivity contribution >= 4 is 120 Å². The Morgan fingerprint density at radius 2 is 1.19 bits per heavy atom. The number of cyclic esters (lactones) is 1. The highest BCUT2D eigenvalue weighted by Gasteiger charge is 2.45. The zero-order chi connectivity index (χ0) is 83.2. The molecule has 2 aromatic rings. The molecule has 0 radical (unpaired) electrons. The number of nitrogens with one attached hydrogen (secondary N) is 12. The summed E-state index contributed by atoms with van der Waals surface area (Å²) in [4.78, 5) is 224. The van der Waals surface area contributed by atoms with Crippen LogP contribution in [0.1, 0.15) is 131 Å². The molecule has 3 unspecified atom stereocenters. The predicted octanol–water partition coefficient (Wildman–Crippen LogP) is -2.18. The topological polar surface area (TPSA) is 486 Å². The smallest absolute Gasteiger partial charge is 0.331 e. The Hall–Kier alpha value is -9.01. The van der Waals surface area contributed by atoms with Crippen molar-refractivity contribution in [3.05, 3.63) is 84.1 Å². The highest BCUT2D eigenvalue weighted by Crippen LogP contribution is 2.27. The van der Waals surface area contributed by atoms with Crippen LogP contribution in [0.5, 0.6) is 0 Å². The van der Waals surface area contributed by atoms with Gasteiger partial charge in [0.1, 0.15) is 72.6 Å². The van der Waals surface area contributed by atoms with E-state index in [2.05, 4.69) is 70.4 Å². The number of amides is 14. The first-order valence-corrected chi connectivity index (χ1v) is 42.7. The molecule has 2 aromatic carbocycles. The highest BCUT2D eigenvalue weighted by atomic mass is 33.1. The summed E-state index contributed by atoms with van der Waals surface area (Å²) in [6.45, 7) is 18.7. The van der Waals surface area contributed by atoms with Crippen LogP contribution in [-0.4, -0.2) is 259 Å².